The zero-order valence-corrected chi connectivity index (χ0v) is 15.1. The molecule has 0 unspecified atom stereocenters. The van der Waals surface area contributed by atoms with Crippen LogP contribution in [0.5, 0.6) is 5.75 Å². The molecule has 0 aromatic carbocycles. The molecule has 0 aliphatic heterocycles. The summed E-state index contributed by atoms with van der Waals surface area (Å²) in [6.07, 6.45) is 10.0. The summed E-state index contributed by atoms with van der Waals surface area (Å²) < 4.78 is 5.64. The van der Waals surface area contributed by atoms with Crippen LogP contribution in [0.1, 0.15) is 42.8 Å². The molecule has 2 aromatic rings. The van der Waals surface area contributed by atoms with Gasteiger partial charge < -0.3 is 15.4 Å². The smallest absolute Gasteiger partial charge is 0.315 e. The fraction of sp³-hybridized carbons (Fsp3) is 0.500. The van der Waals surface area contributed by atoms with Crippen molar-refractivity contribution in [3.8, 4) is 5.75 Å². The number of ether oxygens (including phenoxy) is 1. The molecule has 1 saturated carbocycles. The van der Waals surface area contributed by atoms with Gasteiger partial charge in [0.1, 0.15) is 17.4 Å². The summed E-state index contributed by atoms with van der Waals surface area (Å²) >= 11 is 1.57. The van der Waals surface area contributed by atoms with Gasteiger partial charge in [-0.05, 0) is 25.0 Å². The predicted octanol–water partition coefficient (Wildman–Crippen LogP) is 3.29. The maximum atomic E-state index is 11.9. The van der Waals surface area contributed by atoms with Crippen LogP contribution in [0, 0.1) is 0 Å². The Labute approximate surface area is 152 Å². The second-order valence-electron chi connectivity index (χ2n) is 6.20. The summed E-state index contributed by atoms with van der Waals surface area (Å²) in [7, 11) is 0. The highest BCUT2D eigenvalue weighted by atomic mass is 32.1. The van der Waals surface area contributed by atoms with Crippen molar-refractivity contribution >= 4 is 17.4 Å². The topological polar surface area (TPSA) is 76.1 Å². The van der Waals surface area contributed by atoms with Crippen molar-refractivity contribution in [3.63, 3.8) is 0 Å². The van der Waals surface area contributed by atoms with E-state index in [9.17, 15) is 4.79 Å². The summed E-state index contributed by atoms with van der Waals surface area (Å²) in [4.78, 5) is 20.5. The van der Waals surface area contributed by atoms with Gasteiger partial charge in [0.2, 0.25) is 0 Å². The maximum absolute atomic E-state index is 11.9. The number of pyridine rings is 1. The van der Waals surface area contributed by atoms with Crippen molar-refractivity contribution in [2.75, 3.05) is 6.54 Å². The molecular formula is C18H24N4O2S. The highest BCUT2D eigenvalue weighted by Crippen LogP contribution is 2.17. The van der Waals surface area contributed by atoms with Gasteiger partial charge in [0.05, 0.1) is 11.9 Å². The highest BCUT2D eigenvalue weighted by Gasteiger charge is 2.15. The fourth-order valence-electron chi connectivity index (χ4n) is 2.90. The monoisotopic (exact) mass is 360 g/mol. The van der Waals surface area contributed by atoms with Crippen molar-refractivity contribution in [2.45, 2.75) is 51.2 Å². The van der Waals surface area contributed by atoms with Gasteiger partial charge in [-0.2, -0.15) is 0 Å². The summed E-state index contributed by atoms with van der Waals surface area (Å²) in [6.45, 7) is 1.02. The van der Waals surface area contributed by atoms with Gasteiger partial charge in [-0.25, -0.2) is 9.78 Å². The Morgan fingerprint density at radius 2 is 2.20 bits per heavy atom. The van der Waals surface area contributed by atoms with Crippen molar-refractivity contribution in [2.24, 2.45) is 0 Å². The number of nitrogens with zero attached hydrogens (tertiary/aromatic N) is 2. The predicted molar refractivity (Wildman–Crippen MR) is 97.8 cm³/mol. The minimum atomic E-state index is -0.0673. The first-order chi connectivity index (χ1) is 12.3. The lowest BCUT2D eigenvalue weighted by atomic mass is 9.96. The third-order valence-electron chi connectivity index (χ3n) is 4.20. The number of nitrogens with one attached hydrogen (secondary N) is 2. The first kappa shape index (κ1) is 17.7. The number of aromatic nitrogens is 2. The normalized spacial score (nSPS) is 14.9. The molecule has 25 heavy (non-hydrogen) atoms. The van der Waals surface area contributed by atoms with Crippen molar-refractivity contribution < 1.29 is 9.53 Å². The number of hydrogen-bond acceptors (Lipinski definition) is 5. The number of amides is 2. The average Bonchev–Trinajstić information content (AvgIpc) is 3.09. The molecule has 0 atom stereocenters. The lowest BCUT2D eigenvalue weighted by Gasteiger charge is -2.22. The third-order valence-corrected chi connectivity index (χ3v) is 5.07. The van der Waals surface area contributed by atoms with Crippen LogP contribution in [0.4, 0.5) is 4.79 Å². The van der Waals surface area contributed by atoms with E-state index in [2.05, 4.69) is 20.6 Å². The SMILES string of the molecule is O=C(NCCc1csc(COc2cccnc2)n1)NC1CCCCC1. The van der Waals surface area contributed by atoms with Gasteiger partial charge >= 0.3 is 6.03 Å². The molecule has 2 amide bonds. The van der Waals surface area contributed by atoms with Gasteiger partial charge in [0.25, 0.3) is 0 Å². The third kappa shape index (κ3) is 6.01. The molecule has 7 heteroatoms. The van der Waals surface area contributed by atoms with Crippen LogP contribution in [0.25, 0.3) is 0 Å². The Bertz CT molecular complexity index is 656. The van der Waals surface area contributed by atoms with Gasteiger partial charge in [0.15, 0.2) is 0 Å². The van der Waals surface area contributed by atoms with E-state index in [0.29, 0.717) is 19.2 Å². The fourth-order valence-corrected chi connectivity index (χ4v) is 3.63. The Morgan fingerprint density at radius 1 is 1.32 bits per heavy atom. The molecule has 3 rings (SSSR count). The van der Waals surface area contributed by atoms with Gasteiger partial charge in [-0.3, -0.25) is 4.98 Å². The van der Waals surface area contributed by atoms with E-state index in [4.69, 9.17) is 4.74 Å². The second kappa shape index (κ2) is 9.36. The first-order valence-electron chi connectivity index (χ1n) is 8.80. The van der Waals surface area contributed by atoms with Gasteiger partial charge in [-0.15, -0.1) is 11.3 Å². The van der Waals surface area contributed by atoms with Gasteiger partial charge in [-0.1, -0.05) is 19.3 Å². The molecule has 2 N–H and O–H groups in total. The van der Waals surface area contributed by atoms with E-state index >= 15 is 0 Å². The number of urea groups is 1. The van der Waals surface area contributed by atoms with Crippen molar-refractivity contribution in [3.05, 3.63) is 40.6 Å². The van der Waals surface area contributed by atoms with Crippen molar-refractivity contribution in [1.29, 1.82) is 0 Å². The molecule has 2 heterocycles. The molecule has 1 aliphatic carbocycles. The standard InChI is InChI=1S/C18H24N4O2S/c23-18(22-14-5-2-1-3-6-14)20-10-8-15-13-25-17(21-15)12-24-16-7-4-9-19-11-16/h4,7,9,11,13-14H,1-3,5-6,8,10,12H2,(H2,20,22,23). The van der Waals surface area contributed by atoms with E-state index in [1.165, 1.54) is 19.3 Å². The Hall–Kier alpha value is -2.15. The number of thiazole rings is 1. The van der Waals surface area contributed by atoms with Crippen LogP contribution in [0.15, 0.2) is 29.9 Å². The number of carbonyl (C=O) groups excluding carboxylic acids is 1. The first-order valence-corrected chi connectivity index (χ1v) is 9.68. The quantitative estimate of drug-likeness (QED) is 0.794. The molecule has 0 radical (unpaired) electrons. The van der Waals surface area contributed by atoms with Gasteiger partial charge in [0, 0.05) is 30.6 Å². The van der Waals surface area contributed by atoms with Crippen LogP contribution in [0.3, 0.4) is 0 Å². The maximum Gasteiger partial charge on any atom is 0.315 e. The van der Waals surface area contributed by atoms with Crippen LogP contribution in [0.2, 0.25) is 0 Å². The van der Waals surface area contributed by atoms with E-state index < -0.39 is 0 Å². The Kier molecular flexibility index (Phi) is 6.62. The molecule has 0 saturated heterocycles. The minimum absolute atomic E-state index is 0.0673. The van der Waals surface area contributed by atoms with E-state index in [1.54, 1.807) is 23.7 Å². The van der Waals surface area contributed by atoms with E-state index in [1.807, 2.05) is 17.5 Å². The van der Waals surface area contributed by atoms with Crippen molar-refractivity contribution in [1.82, 2.24) is 20.6 Å². The molecule has 134 valence electrons. The molecule has 0 spiro atoms. The molecule has 1 aliphatic rings. The Balaban J connectivity index is 1.34. The average molecular weight is 360 g/mol. The number of rotatable bonds is 7. The molecular weight excluding hydrogens is 336 g/mol. The summed E-state index contributed by atoms with van der Waals surface area (Å²) in [5.74, 6) is 0.736. The number of hydrogen-bond donors (Lipinski definition) is 2. The Morgan fingerprint density at radius 3 is 3.00 bits per heavy atom. The molecule has 0 bridgehead atoms. The largest absolute Gasteiger partial charge is 0.485 e. The van der Waals surface area contributed by atoms with Crippen LogP contribution >= 0.6 is 11.3 Å². The summed E-state index contributed by atoms with van der Waals surface area (Å²) in [6, 6.07) is 3.98. The molecule has 6 nitrogen and oxygen atoms in total. The minimum Gasteiger partial charge on any atom is -0.485 e. The lowest BCUT2D eigenvalue weighted by Crippen LogP contribution is -2.43. The second-order valence-corrected chi connectivity index (χ2v) is 7.14. The summed E-state index contributed by atoms with van der Waals surface area (Å²) in [5.41, 5.74) is 0.979. The summed E-state index contributed by atoms with van der Waals surface area (Å²) in [5, 5.41) is 8.91. The van der Waals surface area contributed by atoms with Crippen LogP contribution < -0.4 is 15.4 Å². The lowest BCUT2D eigenvalue weighted by molar-refractivity contribution is 0.233. The zero-order valence-electron chi connectivity index (χ0n) is 14.2. The molecule has 2 aromatic heterocycles. The molecule has 1 fully saturated rings. The highest BCUT2D eigenvalue weighted by molar-refractivity contribution is 7.09. The van der Waals surface area contributed by atoms with Crippen LogP contribution in [-0.4, -0.2) is 28.6 Å². The van der Waals surface area contributed by atoms with E-state index in [-0.39, 0.29) is 6.03 Å². The van der Waals surface area contributed by atoms with E-state index in [0.717, 1.165) is 35.7 Å². The number of carbonyl (C=O) groups is 1. The van der Waals surface area contributed by atoms with Crippen LogP contribution in [-0.2, 0) is 13.0 Å². The zero-order chi connectivity index (χ0) is 17.3.